The molecule has 0 atom stereocenters. The first kappa shape index (κ1) is 14.3. The molecule has 2 aromatic rings. The maximum absolute atomic E-state index is 13.0. The number of rotatable bonds is 3. The van der Waals surface area contributed by atoms with Crippen LogP contribution in [0.3, 0.4) is 0 Å². The van der Waals surface area contributed by atoms with Crippen molar-refractivity contribution in [3.8, 4) is 11.3 Å². The summed E-state index contributed by atoms with van der Waals surface area (Å²) < 4.78 is 14.5. The van der Waals surface area contributed by atoms with Crippen LogP contribution < -0.4 is 5.56 Å². The fraction of sp³-hybridized carbons (Fsp3) is 0.143. The molecule has 0 saturated heterocycles. The van der Waals surface area contributed by atoms with Crippen LogP contribution in [0.5, 0.6) is 0 Å². The quantitative estimate of drug-likeness (QED) is 0.537. The van der Waals surface area contributed by atoms with Gasteiger partial charge in [0.25, 0.3) is 5.56 Å². The first-order valence-corrected chi connectivity index (χ1v) is 6.33. The lowest BCUT2D eigenvalue weighted by atomic mass is 10.1. The lowest BCUT2D eigenvalue weighted by Gasteiger charge is -2.14. The Morgan fingerprint density at radius 2 is 2.05 bits per heavy atom. The molecule has 0 unspecified atom stereocenters. The minimum atomic E-state index is -0.370. The monoisotopic (exact) mass is 294 g/mol. The minimum absolute atomic E-state index is 0.0348. The molecule has 0 amide bonds. The van der Waals surface area contributed by atoms with Crippen LogP contribution in [0.15, 0.2) is 40.3 Å². The SMILES string of the molecule is CCn1c(-c2ccc(F)cc2)c(C=NO)cc(Cl)c1=O. The molecule has 6 heteroatoms. The molecule has 0 fully saturated rings. The van der Waals surface area contributed by atoms with Crippen molar-refractivity contribution in [3.63, 3.8) is 0 Å². The highest BCUT2D eigenvalue weighted by atomic mass is 35.5. The standard InChI is InChI=1S/C14H12ClFN2O2/c1-2-18-13(9-3-5-11(16)6-4-9)10(8-17-20)7-12(15)14(18)19/h3-8,20H,2H2,1H3. The molecule has 0 saturated carbocycles. The van der Waals surface area contributed by atoms with Crippen LogP contribution in [-0.4, -0.2) is 16.0 Å². The van der Waals surface area contributed by atoms with Gasteiger partial charge in [0.1, 0.15) is 10.8 Å². The summed E-state index contributed by atoms with van der Waals surface area (Å²) in [6.45, 7) is 2.18. The van der Waals surface area contributed by atoms with Gasteiger partial charge in [-0.2, -0.15) is 0 Å². The number of hydrogen-bond donors (Lipinski definition) is 1. The van der Waals surface area contributed by atoms with Crippen LogP contribution in [0.2, 0.25) is 5.02 Å². The largest absolute Gasteiger partial charge is 0.411 e. The topological polar surface area (TPSA) is 54.6 Å². The van der Waals surface area contributed by atoms with Crippen molar-refractivity contribution in [1.82, 2.24) is 4.57 Å². The van der Waals surface area contributed by atoms with Gasteiger partial charge in [0.2, 0.25) is 0 Å². The van der Waals surface area contributed by atoms with Crippen LogP contribution in [0.4, 0.5) is 4.39 Å². The van der Waals surface area contributed by atoms with E-state index in [1.54, 1.807) is 19.1 Å². The summed E-state index contributed by atoms with van der Waals surface area (Å²) in [5.74, 6) is -0.370. The van der Waals surface area contributed by atoms with Gasteiger partial charge in [-0.1, -0.05) is 16.8 Å². The summed E-state index contributed by atoms with van der Waals surface area (Å²) >= 11 is 5.88. The van der Waals surface area contributed by atoms with Crippen molar-refractivity contribution in [2.75, 3.05) is 0 Å². The van der Waals surface area contributed by atoms with Crippen LogP contribution >= 0.6 is 11.6 Å². The highest BCUT2D eigenvalue weighted by Gasteiger charge is 2.14. The Hall–Kier alpha value is -2.14. The molecule has 0 radical (unpaired) electrons. The minimum Gasteiger partial charge on any atom is -0.411 e. The Morgan fingerprint density at radius 3 is 2.60 bits per heavy atom. The van der Waals surface area contributed by atoms with E-state index in [2.05, 4.69) is 5.16 Å². The highest BCUT2D eigenvalue weighted by molar-refractivity contribution is 6.30. The normalized spacial score (nSPS) is 11.2. The second kappa shape index (κ2) is 5.88. The van der Waals surface area contributed by atoms with Gasteiger partial charge in [0, 0.05) is 12.1 Å². The first-order valence-electron chi connectivity index (χ1n) is 5.95. The molecule has 104 valence electrons. The number of oxime groups is 1. The number of pyridine rings is 1. The van der Waals surface area contributed by atoms with E-state index in [-0.39, 0.29) is 16.4 Å². The zero-order chi connectivity index (χ0) is 14.7. The predicted octanol–water partition coefficient (Wildman–Crippen LogP) is 3.14. The van der Waals surface area contributed by atoms with E-state index in [1.165, 1.54) is 29.0 Å². The Kier molecular flexibility index (Phi) is 4.20. The van der Waals surface area contributed by atoms with Crippen molar-refractivity contribution in [3.05, 3.63) is 57.1 Å². The molecular formula is C14H12ClFN2O2. The van der Waals surface area contributed by atoms with E-state index in [0.717, 1.165) is 0 Å². The van der Waals surface area contributed by atoms with Crippen LogP contribution in [0.25, 0.3) is 11.3 Å². The second-order valence-corrected chi connectivity index (χ2v) is 4.50. The Bertz CT molecular complexity index is 708. The first-order chi connectivity index (χ1) is 9.58. The summed E-state index contributed by atoms with van der Waals surface area (Å²) in [5, 5.41) is 11.8. The number of aromatic nitrogens is 1. The number of halogens is 2. The van der Waals surface area contributed by atoms with Gasteiger partial charge in [-0.25, -0.2) is 4.39 Å². The summed E-state index contributed by atoms with van der Waals surface area (Å²) in [6, 6.07) is 7.13. The van der Waals surface area contributed by atoms with E-state index < -0.39 is 0 Å². The Labute approximate surface area is 119 Å². The Morgan fingerprint density at radius 1 is 1.40 bits per heavy atom. The van der Waals surface area contributed by atoms with Crippen LogP contribution in [-0.2, 0) is 6.54 Å². The van der Waals surface area contributed by atoms with Crippen molar-refractivity contribution < 1.29 is 9.60 Å². The van der Waals surface area contributed by atoms with Gasteiger partial charge in [0.05, 0.1) is 11.9 Å². The fourth-order valence-corrected chi connectivity index (χ4v) is 2.27. The molecule has 0 spiro atoms. The number of benzene rings is 1. The third-order valence-corrected chi connectivity index (χ3v) is 3.18. The molecule has 0 bridgehead atoms. The molecule has 4 nitrogen and oxygen atoms in total. The molecule has 0 aliphatic carbocycles. The van der Waals surface area contributed by atoms with Gasteiger partial charge >= 0.3 is 0 Å². The third kappa shape index (κ3) is 2.58. The Balaban J connectivity index is 2.80. The van der Waals surface area contributed by atoms with E-state index in [9.17, 15) is 9.18 Å². The number of hydrogen-bond acceptors (Lipinski definition) is 3. The zero-order valence-electron chi connectivity index (χ0n) is 10.7. The van der Waals surface area contributed by atoms with Gasteiger partial charge in [-0.15, -0.1) is 0 Å². The van der Waals surface area contributed by atoms with E-state index in [0.29, 0.717) is 23.4 Å². The lowest BCUT2D eigenvalue weighted by molar-refractivity contribution is 0.322. The zero-order valence-corrected chi connectivity index (χ0v) is 11.4. The summed E-state index contributed by atoms with van der Waals surface area (Å²) in [6.07, 6.45) is 1.19. The van der Waals surface area contributed by atoms with Gasteiger partial charge in [0.15, 0.2) is 0 Å². The lowest BCUT2D eigenvalue weighted by Crippen LogP contribution is -2.23. The molecule has 1 N–H and O–H groups in total. The molecule has 1 aromatic heterocycles. The van der Waals surface area contributed by atoms with Gasteiger partial charge < -0.3 is 9.77 Å². The maximum atomic E-state index is 13.0. The van der Waals surface area contributed by atoms with Crippen molar-refractivity contribution >= 4 is 17.8 Å². The number of nitrogens with zero attached hydrogens (tertiary/aromatic N) is 2. The van der Waals surface area contributed by atoms with Crippen molar-refractivity contribution in [2.45, 2.75) is 13.5 Å². The molecule has 1 heterocycles. The van der Waals surface area contributed by atoms with Gasteiger partial charge in [-0.3, -0.25) is 4.79 Å². The van der Waals surface area contributed by atoms with E-state index >= 15 is 0 Å². The summed E-state index contributed by atoms with van der Waals surface area (Å²) in [5.41, 5.74) is 1.30. The van der Waals surface area contributed by atoms with Crippen molar-refractivity contribution in [1.29, 1.82) is 0 Å². The summed E-state index contributed by atoms with van der Waals surface area (Å²) in [7, 11) is 0. The van der Waals surface area contributed by atoms with Crippen molar-refractivity contribution in [2.24, 2.45) is 5.16 Å². The summed E-state index contributed by atoms with van der Waals surface area (Å²) in [4.78, 5) is 12.1. The van der Waals surface area contributed by atoms with Crippen LogP contribution in [0, 0.1) is 5.82 Å². The maximum Gasteiger partial charge on any atom is 0.269 e. The third-order valence-electron chi connectivity index (χ3n) is 2.91. The second-order valence-electron chi connectivity index (χ2n) is 4.10. The van der Waals surface area contributed by atoms with Crippen LogP contribution in [0.1, 0.15) is 12.5 Å². The predicted molar refractivity (Wildman–Crippen MR) is 76.2 cm³/mol. The van der Waals surface area contributed by atoms with E-state index in [1.807, 2.05) is 0 Å². The molecular weight excluding hydrogens is 283 g/mol. The van der Waals surface area contributed by atoms with Gasteiger partial charge in [-0.05, 0) is 42.8 Å². The fourth-order valence-electron chi connectivity index (χ4n) is 2.05. The molecule has 20 heavy (non-hydrogen) atoms. The smallest absolute Gasteiger partial charge is 0.269 e. The van der Waals surface area contributed by atoms with E-state index in [4.69, 9.17) is 16.8 Å². The molecule has 1 aromatic carbocycles. The molecule has 2 rings (SSSR count). The molecule has 0 aliphatic rings. The average Bonchev–Trinajstić information content (AvgIpc) is 2.44. The highest BCUT2D eigenvalue weighted by Crippen LogP contribution is 2.24. The molecule has 0 aliphatic heterocycles. The average molecular weight is 295 g/mol.